The molecule has 1 atom stereocenters. The molecule has 3 rings (SSSR count). The topological polar surface area (TPSA) is 42.1 Å². The summed E-state index contributed by atoms with van der Waals surface area (Å²) in [6, 6.07) is 14.5. The maximum Gasteiger partial charge on any atom is 0.128 e. The van der Waals surface area contributed by atoms with E-state index in [1.165, 1.54) is 5.56 Å². The number of hydrogen-bond acceptors (Lipinski definition) is 3. The summed E-state index contributed by atoms with van der Waals surface area (Å²) in [6.07, 6.45) is 1.16. The van der Waals surface area contributed by atoms with Gasteiger partial charge in [-0.15, -0.1) is 0 Å². The van der Waals surface area contributed by atoms with E-state index in [0.717, 1.165) is 31.0 Å². The van der Waals surface area contributed by atoms with Gasteiger partial charge < -0.3 is 10.6 Å². The zero-order chi connectivity index (χ0) is 13.9. The number of benzene rings is 1. The summed E-state index contributed by atoms with van der Waals surface area (Å²) in [5, 5.41) is 0.648. The molecule has 2 aromatic rings. The Labute approximate surface area is 124 Å². The summed E-state index contributed by atoms with van der Waals surface area (Å²) in [7, 11) is 0. The molecule has 1 aromatic carbocycles. The van der Waals surface area contributed by atoms with Gasteiger partial charge in [-0.1, -0.05) is 41.9 Å². The van der Waals surface area contributed by atoms with Gasteiger partial charge in [-0.2, -0.15) is 0 Å². The first-order valence-corrected chi connectivity index (χ1v) is 7.31. The van der Waals surface area contributed by atoms with Crippen LogP contribution in [0.15, 0.2) is 42.5 Å². The quantitative estimate of drug-likeness (QED) is 0.943. The zero-order valence-electron chi connectivity index (χ0n) is 11.3. The van der Waals surface area contributed by atoms with Gasteiger partial charge in [0.15, 0.2) is 0 Å². The highest BCUT2D eigenvalue weighted by Crippen LogP contribution is 2.30. The first-order valence-electron chi connectivity index (χ1n) is 6.93. The second-order valence-corrected chi connectivity index (χ2v) is 5.55. The number of rotatable bonds is 3. The van der Waals surface area contributed by atoms with Crippen LogP contribution in [-0.4, -0.2) is 18.1 Å². The Morgan fingerprint density at radius 2 is 2.00 bits per heavy atom. The third-order valence-corrected chi connectivity index (χ3v) is 4.22. The average molecular weight is 288 g/mol. The predicted molar refractivity (Wildman–Crippen MR) is 83.2 cm³/mol. The Kier molecular flexibility index (Phi) is 3.90. The molecule has 2 heterocycles. The van der Waals surface area contributed by atoms with Crippen molar-refractivity contribution < 1.29 is 0 Å². The molecule has 4 heteroatoms. The van der Waals surface area contributed by atoms with Gasteiger partial charge in [0, 0.05) is 25.6 Å². The molecule has 0 spiro atoms. The van der Waals surface area contributed by atoms with Crippen molar-refractivity contribution in [2.24, 2.45) is 5.73 Å². The summed E-state index contributed by atoms with van der Waals surface area (Å²) >= 11 is 6.07. The van der Waals surface area contributed by atoms with Crippen LogP contribution in [0.1, 0.15) is 23.6 Å². The second-order valence-electron chi connectivity index (χ2n) is 5.14. The maximum absolute atomic E-state index is 6.07. The number of halogens is 1. The molecule has 1 aliphatic rings. The summed E-state index contributed by atoms with van der Waals surface area (Å²) < 4.78 is 0. The number of nitrogens with zero attached hydrogens (tertiary/aromatic N) is 2. The average Bonchev–Trinajstić information content (AvgIpc) is 2.98. The lowest BCUT2D eigenvalue weighted by molar-refractivity contribution is 0.774. The number of pyridine rings is 1. The van der Waals surface area contributed by atoms with E-state index in [2.05, 4.69) is 40.2 Å². The van der Waals surface area contributed by atoms with Gasteiger partial charge >= 0.3 is 0 Å². The zero-order valence-corrected chi connectivity index (χ0v) is 12.1. The van der Waals surface area contributed by atoms with Crippen LogP contribution in [0.3, 0.4) is 0 Å². The van der Waals surface area contributed by atoms with Gasteiger partial charge in [0.1, 0.15) is 5.82 Å². The van der Waals surface area contributed by atoms with Gasteiger partial charge in [0.2, 0.25) is 0 Å². The van der Waals surface area contributed by atoms with Crippen molar-refractivity contribution >= 4 is 17.4 Å². The largest absolute Gasteiger partial charge is 0.356 e. The van der Waals surface area contributed by atoms with Crippen LogP contribution in [0.5, 0.6) is 0 Å². The highest BCUT2D eigenvalue weighted by Gasteiger charge is 2.24. The van der Waals surface area contributed by atoms with Crippen LogP contribution in [0.2, 0.25) is 5.02 Å². The van der Waals surface area contributed by atoms with Crippen molar-refractivity contribution in [3.05, 3.63) is 58.7 Å². The van der Waals surface area contributed by atoms with E-state index in [4.69, 9.17) is 17.3 Å². The molecule has 20 heavy (non-hydrogen) atoms. The molecule has 1 fully saturated rings. The Bertz CT molecular complexity index is 586. The van der Waals surface area contributed by atoms with E-state index >= 15 is 0 Å². The van der Waals surface area contributed by atoms with Crippen LogP contribution in [0.4, 0.5) is 5.82 Å². The van der Waals surface area contributed by atoms with E-state index in [1.807, 2.05) is 12.1 Å². The molecule has 0 bridgehead atoms. The Morgan fingerprint density at radius 3 is 2.75 bits per heavy atom. The van der Waals surface area contributed by atoms with Crippen LogP contribution in [-0.2, 0) is 6.54 Å². The predicted octanol–water partition coefficient (Wildman–Crippen LogP) is 3.19. The molecule has 1 aliphatic heterocycles. The molecule has 1 saturated heterocycles. The minimum Gasteiger partial charge on any atom is -0.356 e. The fourth-order valence-corrected chi connectivity index (χ4v) is 2.94. The van der Waals surface area contributed by atoms with Gasteiger partial charge in [-0.05, 0) is 24.1 Å². The van der Waals surface area contributed by atoms with E-state index in [0.29, 0.717) is 17.5 Å². The second kappa shape index (κ2) is 5.81. The van der Waals surface area contributed by atoms with E-state index in [-0.39, 0.29) is 0 Å². The fraction of sp³-hybridized carbons (Fsp3) is 0.312. The van der Waals surface area contributed by atoms with Crippen molar-refractivity contribution in [1.29, 1.82) is 0 Å². The van der Waals surface area contributed by atoms with Crippen molar-refractivity contribution in [2.45, 2.75) is 18.9 Å². The third kappa shape index (κ3) is 2.65. The molecule has 104 valence electrons. The van der Waals surface area contributed by atoms with Crippen LogP contribution in [0.25, 0.3) is 0 Å². The third-order valence-electron chi connectivity index (χ3n) is 3.88. The molecule has 1 aromatic heterocycles. The SMILES string of the molecule is NCc1nc(N2CCC(c3ccccc3)C2)ccc1Cl. The lowest BCUT2D eigenvalue weighted by Crippen LogP contribution is -2.21. The normalized spacial score (nSPS) is 18.5. The Hall–Kier alpha value is -1.58. The molecule has 3 nitrogen and oxygen atoms in total. The lowest BCUT2D eigenvalue weighted by atomic mass is 9.99. The van der Waals surface area contributed by atoms with Crippen LogP contribution >= 0.6 is 11.6 Å². The van der Waals surface area contributed by atoms with E-state index in [9.17, 15) is 0 Å². The van der Waals surface area contributed by atoms with Crippen molar-refractivity contribution in [1.82, 2.24) is 4.98 Å². The number of anilines is 1. The number of aromatic nitrogens is 1. The summed E-state index contributed by atoms with van der Waals surface area (Å²) in [4.78, 5) is 6.88. The highest BCUT2D eigenvalue weighted by atomic mass is 35.5. The smallest absolute Gasteiger partial charge is 0.128 e. The van der Waals surface area contributed by atoms with Gasteiger partial charge in [-0.25, -0.2) is 4.98 Å². The molecule has 0 radical (unpaired) electrons. The molecule has 2 N–H and O–H groups in total. The maximum atomic E-state index is 6.07. The lowest BCUT2D eigenvalue weighted by Gasteiger charge is -2.18. The van der Waals surface area contributed by atoms with Crippen LogP contribution < -0.4 is 10.6 Å². The number of hydrogen-bond donors (Lipinski definition) is 1. The highest BCUT2D eigenvalue weighted by molar-refractivity contribution is 6.31. The Balaban J connectivity index is 1.77. The molecule has 0 aliphatic carbocycles. The fourth-order valence-electron chi connectivity index (χ4n) is 2.76. The van der Waals surface area contributed by atoms with E-state index < -0.39 is 0 Å². The Morgan fingerprint density at radius 1 is 1.20 bits per heavy atom. The molecule has 0 amide bonds. The van der Waals surface area contributed by atoms with Gasteiger partial charge in [-0.3, -0.25) is 0 Å². The first-order chi connectivity index (χ1) is 9.78. The monoisotopic (exact) mass is 287 g/mol. The van der Waals surface area contributed by atoms with Gasteiger partial charge in [0.25, 0.3) is 0 Å². The number of nitrogens with two attached hydrogens (primary N) is 1. The van der Waals surface area contributed by atoms with Crippen LogP contribution in [0, 0.1) is 0 Å². The molecule has 0 saturated carbocycles. The minimum atomic E-state index is 0.378. The van der Waals surface area contributed by atoms with E-state index in [1.54, 1.807) is 0 Å². The first kappa shape index (κ1) is 13.4. The van der Waals surface area contributed by atoms with Gasteiger partial charge in [0.05, 0.1) is 10.7 Å². The molecular weight excluding hydrogens is 270 g/mol. The summed E-state index contributed by atoms with van der Waals surface area (Å²) in [5.74, 6) is 1.56. The minimum absolute atomic E-state index is 0.378. The summed E-state index contributed by atoms with van der Waals surface area (Å²) in [5.41, 5.74) is 7.85. The molecular formula is C16H18ClN3. The molecule has 1 unspecified atom stereocenters. The van der Waals surface area contributed by atoms with Crippen molar-refractivity contribution in [3.8, 4) is 0 Å². The van der Waals surface area contributed by atoms with Crippen molar-refractivity contribution in [3.63, 3.8) is 0 Å². The van der Waals surface area contributed by atoms with Crippen molar-refractivity contribution in [2.75, 3.05) is 18.0 Å². The summed E-state index contributed by atoms with van der Waals surface area (Å²) in [6.45, 7) is 2.41. The standard InChI is InChI=1S/C16H18ClN3/c17-14-6-7-16(19-15(14)10-18)20-9-8-13(11-20)12-4-2-1-3-5-12/h1-7,13H,8-11,18H2.